The molecule has 2 amide bonds. The second-order valence-electron chi connectivity index (χ2n) is 11.4. The van der Waals surface area contributed by atoms with Crippen molar-refractivity contribution in [1.29, 1.82) is 0 Å². The molecule has 5 rings (SSSR count). The molecule has 2 saturated heterocycles. The number of rotatable bonds is 6. The molecule has 10 heteroatoms. The number of alkyl halides is 3. The van der Waals surface area contributed by atoms with Crippen molar-refractivity contribution in [1.82, 2.24) is 15.1 Å². The summed E-state index contributed by atoms with van der Waals surface area (Å²) in [7, 11) is 5.47. The third-order valence-corrected chi connectivity index (χ3v) is 9.22. The van der Waals surface area contributed by atoms with Crippen LogP contribution < -0.4 is 20.1 Å². The molecule has 7 nitrogen and oxygen atoms in total. The largest absolute Gasteiger partial charge is 0.493 e. The zero-order valence-electron chi connectivity index (χ0n) is 23.4. The molecule has 3 aliphatic rings. The number of halogens is 3. The van der Waals surface area contributed by atoms with E-state index in [-0.39, 0.29) is 17.5 Å². The summed E-state index contributed by atoms with van der Waals surface area (Å²) < 4.78 is 49.8. The summed E-state index contributed by atoms with van der Waals surface area (Å²) in [6, 6.07) is 11.1. The average Bonchev–Trinajstić information content (AvgIpc) is 3.32. The zero-order valence-corrected chi connectivity index (χ0v) is 23.4. The molecular weight excluding hydrogens is 521 g/mol. The van der Waals surface area contributed by atoms with Gasteiger partial charge in [0, 0.05) is 29.2 Å². The van der Waals surface area contributed by atoms with E-state index in [1.165, 1.54) is 17.7 Å². The van der Waals surface area contributed by atoms with E-state index in [9.17, 15) is 18.0 Å². The highest BCUT2D eigenvalue weighted by atomic mass is 19.4. The Balaban J connectivity index is 1.34. The van der Waals surface area contributed by atoms with Crippen LogP contribution in [0, 0.1) is 0 Å². The van der Waals surface area contributed by atoms with Gasteiger partial charge in [-0.1, -0.05) is 6.07 Å². The smallest absolute Gasteiger partial charge is 0.416 e. The number of methoxy groups -OCH3 is 2. The van der Waals surface area contributed by atoms with Crippen LogP contribution in [-0.4, -0.2) is 74.9 Å². The van der Waals surface area contributed by atoms with Crippen LogP contribution in [0.3, 0.4) is 0 Å². The Bertz CT molecular complexity index is 1180. The monoisotopic (exact) mass is 560 g/mol. The first kappa shape index (κ1) is 28.5. The van der Waals surface area contributed by atoms with Gasteiger partial charge in [0.25, 0.3) is 0 Å². The van der Waals surface area contributed by atoms with Crippen molar-refractivity contribution in [2.75, 3.05) is 46.2 Å². The van der Waals surface area contributed by atoms with Crippen LogP contribution in [0.4, 0.5) is 23.7 Å². The molecule has 0 unspecified atom stereocenters. The molecule has 0 radical (unpaired) electrons. The highest BCUT2D eigenvalue weighted by Gasteiger charge is 2.53. The first-order valence-corrected chi connectivity index (χ1v) is 14.0. The maximum atomic E-state index is 12.9. The van der Waals surface area contributed by atoms with Crippen molar-refractivity contribution in [2.45, 2.75) is 68.2 Å². The summed E-state index contributed by atoms with van der Waals surface area (Å²) >= 11 is 0. The van der Waals surface area contributed by atoms with Gasteiger partial charge in [-0.25, -0.2) is 4.79 Å². The fourth-order valence-corrected chi connectivity index (χ4v) is 7.06. The van der Waals surface area contributed by atoms with Gasteiger partial charge in [0.05, 0.1) is 19.8 Å². The number of carbonyl (C=O) groups excluding carboxylic acids is 1. The number of likely N-dealkylation sites (tertiary alicyclic amines) is 2. The molecule has 2 N–H and O–H groups in total. The molecule has 40 heavy (non-hydrogen) atoms. The third-order valence-electron chi connectivity index (χ3n) is 9.22. The summed E-state index contributed by atoms with van der Waals surface area (Å²) in [5.74, 6) is 1.43. The Labute approximate surface area is 234 Å². The molecule has 0 bridgehead atoms. The minimum Gasteiger partial charge on any atom is -0.493 e. The Kier molecular flexibility index (Phi) is 8.20. The summed E-state index contributed by atoms with van der Waals surface area (Å²) in [6.07, 6.45) is 1.42. The van der Waals surface area contributed by atoms with Crippen LogP contribution in [0.5, 0.6) is 11.5 Å². The molecule has 3 atom stereocenters. The number of nitrogens with zero attached hydrogens (tertiary/aromatic N) is 2. The van der Waals surface area contributed by atoms with Crippen LogP contribution in [0.1, 0.15) is 49.7 Å². The predicted molar refractivity (Wildman–Crippen MR) is 148 cm³/mol. The second-order valence-corrected chi connectivity index (χ2v) is 11.4. The molecular formula is C30H39F3N4O3. The summed E-state index contributed by atoms with van der Waals surface area (Å²) in [5.41, 5.74) is 0.783. The van der Waals surface area contributed by atoms with Gasteiger partial charge in [-0.15, -0.1) is 0 Å². The summed E-state index contributed by atoms with van der Waals surface area (Å²) in [5, 5.41) is 5.82. The van der Waals surface area contributed by atoms with E-state index in [4.69, 9.17) is 9.47 Å². The lowest BCUT2D eigenvalue weighted by Crippen LogP contribution is -2.56. The maximum Gasteiger partial charge on any atom is 0.416 e. The molecule has 1 aliphatic carbocycles. The Morgan fingerprint density at radius 1 is 0.950 bits per heavy atom. The number of benzene rings is 2. The van der Waals surface area contributed by atoms with Gasteiger partial charge in [-0.3, -0.25) is 4.90 Å². The Hall–Kier alpha value is -2.98. The van der Waals surface area contributed by atoms with Crippen molar-refractivity contribution in [3.8, 4) is 11.5 Å². The average molecular weight is 561 g/mol. The molecule has 2 heterocycles. The number of nitrogens with one attached hydrogen (secondary N) is 2. The van der Waals surface area contributed by atoms with Crippen molar-refractivity contribution in [3.05, 3.63) is 53.6 Å². The van der Waals surface area contributed by atoms with Gasteiger partial charge < -0.3 is 25.0 Å². The second kappa shape index (κ2) is 11.5. The summed E-state index contributed by atoms with van der Waals surface area (Å²) in [6.45, 7) is 3.17. The van der Waals surface area contributed by atoms with Crippen molar-refractivity contribution in [2.24, 2.45) is 0 Å². The van der Waals surface area contributed by atoms with E-state index in [1.807, 2.05) is 6.07 Å². The standard InChI is InChI=1S/C30H39F3N4O3/c1-36-15-11-24(12-16-36)37-17-14-29(21-6-9-25(39-2)26(18-21)40-3)13-10-23(19-27(29)37)35-28(38)34-22-7-4-20(5-8-22)30(31,32)33/h4-9,18,23-24,27H,10-17,19H2,1-3H3,(H2,34,35,38)/t23-,27+,29+/m1/s1. The first-order valence-electron chi connectivity index (χ1n) is 14.0. The molecule has 0 aromatic heterocycles. The lowest BCUT2D eigenvalue weighted by molar-refractivity contribution is -0.137. The number of ether oxygens (including phenoxy) is 2. The summed E-state index contributed by atoms with van der Waals surface area (Å²) in [4.78, 5) is 17.9. The number of anilines is 1. The van der Waals surface area contributed by atoms with Crippen molar-refractivity contribution >= 4 is 11.7 Å². The van der Waals surface area contributed by atoms with Crippen LogP contribution in [0.2, 0.25) is 0 Å². The Morgan fingerprint density at radius 2 is 1.65 bits per heavy atom. The Morgan fingerprint density at radius 3 is 2.30 bits per heavy atom. The molecule has 3 fully saturated rings. The number of urea groups is 1. The highest BCUT2D eigenvalue weighted by Crippen LogP contribution is 2.51. The van der Waals surface area contributed by atoms with E-state index in [0.29, 0.717) is 17.5 Å². The van der Waals surface area contributed by atoms with Gasteiger partial charge in [0.1, 0.15) is 0 Å². The van der Waals surface area contributed by atoms with Gasteiger partial charge in [0.2, 0.25) is 0 Å². The number of hydrogen-bond acceptors (Lipinski definition) is 5. The number of piperidine rings is 1. The molecule has 218 valence electrons. The van der Waals surface area contributed by atoms with Crippen LogP contribution in [0.25, 0.3) is 0 Å². The van der Waals surface area contributed by atoms with Crippen molar-refractivity contribution < 1.29 is 27.4 Å². The van der Waals surface area contributed by atoms with E-state index >= 15 is 0 Å². The number of hydrogen-bond donors (Lipinski definition) is 2. The van der Waals surface area contributed by atoms with Gasteiger partial charge in [-0.2, -0.15) is 13.2 Å². The van der Waals surface area contributed by atoms with E-state index in [0.717, 1.165) is 76.0 Å². The minimum absolute atomic E-state index is 0.0421. The lowest BCUT2D eigenvalue weighted by Gasteiger charge is -2.48. The van der Waals surface area contributed by atoms with Gasteiger partial charge in [0.15, 0.2) is 11.5 Å². The van der Waals surface area contributed by atoms with E-state index in [1.54, 1.807) is 14.2 Å². The number of fused-ring (bicyclic) bond motifs is 1. The van der Waals surface area contributed by atoms with Gasteiger partial charge >= 0.3 is 12.2 Å². The highest BCUT2D eigenvalue weighted by molar-refractivity contribution is 5.89. The normalized spacial score (nSPS) is 26.2. The number of amides is 2. The SMILES string of the molecule is COc1ccc([C@@]23CC[C@@H](NC(=O)Nc4ccc(C(F)(F)F)cc4)C[C@@H]2N(C2CCN(C)CC2)CC3)cc1OC. The predicted octanol–water partition coefficient (Wildman–Crippen LogP) is 5.50. The fraction of sp³-hybridized carbons (Fsp3) is 0.567. The van der Waals surface area contributed by atoms with Gasteiger partial charge in [-0.05, 0) is 107 Å². The molecule has 2 aromatic carbocycles. The fourth-order valence-electron chi connectivity index (χ4n) is 7.06. The third kappa shape index (κ3) is 5.74. The quantitative estimate of drug-likeness (QED) is 0.488. The first-order chi connectivity index (χ1) is 19.1. The maximum absolute atomic E-state index is 12.9. The molecule has 2 aromatic rings. The van der Waals surface area contributed by atoms with Crippen molar-refractivity contribution in [3.63, 3.8) is 0 Å². The molecule has 1 saturated carbocycles. The molecule has 0 spiro atoms. The van der Waals surface area contributed by atoms with Crippen LogP contribution in [-0.2, 0) is 11.6 Å². The van der Waals surface area contributed by atoms with E-state index in [2.05, 4.69) is 39.6 Å². The van der Waals surface area contributed by atoms with E-state index < -0.39 is 17.8 Å². The topological polar surface area (TPSA) is 66.1 Å². The zero-order chi connectivity index (χ0) is 28.5. The van der Waals surface area contributed by atoms with Crippen LogP contribution >= 0.6 is 0 Å². The molecule has 2 aliphatic heterocycles. The number of carbonyl (C=O) groups is 1. The minimum atomic E-state index is -4.41. The lowest BCUT2D eigenvalue weighted by atomic mass is 9.65. The van der Waals surface area contributed by atoms with Crippen LogP contribution in [0.15, 0.2) is 42.5 Å².